The van der Waals surface area contributed by atoms with Gasteiger partial charge in [-0.3, -0.25) is 4.21 Å². The van der Waals surface area contributed by atoms with Gasteiger partial charge in [0.1, 0.15) is 6.04 Å². The lowest BCUT2D eigenvalue weighted by Gasteiger charge is -2.32. The van der Waals surface area contributed by atoms with E-state index in [4.69, 9.17) is 5.11 Å². The number of carbonyl (C=O) groups is 2. The van der Waals surface area contributed by atoms with Gasteiger partial charge in [-0.05, 0) is 0 Å². The predicted octanol–water partition coefficient (Wildman–Crippen LogP) is -0.423. The normalized spacial score (nSPS) is 21.9. The van der Waals surface area contributed by atoms with Crippen molar-refractivity contribution < 1.29 is 18.9 Å². The minimum absolute atomic E-state index is 0.303. The standard InChI is InChI=1S/C9H16N2O4S2/c1-17(15)5-2-10-9(14)11-3-4-16-6-7(11)8(12)13/h7H,2-6H2,1H3,(H,10,14)(H,12,13). The molecule has 17 heavy (non-hydrogen) atoms. The third-order valence-electron chi connectivity index (χ3n) is 2.34. The van der Waals surface area contributed by atoms with Gasteiger partial charge in [-0.2, -0.15) is 11.8 Å². The van der Waals surface area contributed by atoms with Crippen molar-refractivity contribution in [1.29, 1.82) is 0 Å². The van der Waals surface area contributed by atoms with Gasteiger partial charge < -0.3 is 15.3 Å². The van der Waals surface area contributed by atoms with Crippen LogP contribution in [0, 0.1) is 0 Å². The molecule has 0 spiro atoms. The fourth-order valence-electron chi connectivity index (χ4n) is 1.45. The summed E-state index contributed by atoms with van der Waals surface area (Å²) in [7, 11) is -0.958. The van der Waals surface area contributed by atoms with Crippen molar-refractivity contribution in [2.45, 2.75) is 6.04 Å². The molecule has 0 radical (unpaired) electrons. The van der Waals surface area contributed by atoms with Crippen LogP contribution in [-0.2, 0) is 15.6 Å². The molecule has 2 unspecified atom stereocenters. The lowest BCUT2D eigenvalue weighted by atomic mass is 10.3. The molecule has 1 fully saturated rings. The number of carboxylic acid groups (broad SMARTS) is 1. The molecule has 2 N–H and O–H groups in total. The molecule has 0 saturated carbocycles. The first-order chi connectivity index (χ1) is 8.02. The van der Waals surface area contributed by atoms with Gasteiger partial charge >= 0.3 is 12.0 Å². The number of nitrogens with one attached hydrogen (secondary N) is 1. The van der Waals surface area contributed by atoms with Crippen molar-refractivity contribution in [3.8, 4) is 0 Å². The predicted molar refractivity (Wildman–Crippen MR) is 67.8 cm³/mol. The molecule has 0 aromatic carbocycles. The van der Waals surface area contributed by atoms with E-state index in [9.17, 15) is 13.8 Å². The summed E-state index contributed by atoms with van der Waals surface area (Å²) in [5.74, 6) is 0.567. The van der Waals surface area contributed by atoms with Gasteiger partial charge in [-0.1, -0.05) is 0 Å². The average Bonchev–Trinajstić information content (AvgIpc) is 2.28. The maximum atomic E-state index is 11.7. The Morgan fingerprint density at radius 3 is 2.88 bits per heavy atom. The molecule has 1 aliphatic rings. The van der Waals surface area contributed by atoms with E-state index >= 15 is 0 Å². The summed E-state index contributed by atoms with van der Waals surface area (Å²) in [6.45, 7) is 0.737. The van der Waals surface area contributed by atoms with E-state index in [0.717, 1.165) is 5.75 Å². The van der Waals surface area contributed by atoms with Crippen molar-refractivity contribution in [2.24, 2.45) is 0 Å². The lowest BCUT2D eigenvalue weighted by Crippen LogP contribution is -2.54. The summed E-state index contributed by atoms with van der Waals surface area (Å²) in [4.78, 5) is 24.0. The largest absolute Gasteiger partial charge is 0.480 e. The Morgan fingerprint density at radius 1 is 1.59 bits per heavy atom. The van der Waals surface area contributed by atoms with Gasteiger partial charge in [-0.25, -0.2) is 9.59 Å². The molecule has 0 bridgehead atoms. The Balaban J connectivity index is 2.47. The lowest BCUT2D eigenvalue weighted by molar-refractivity contribution is -0.141. The highest BCUT2D eigenvalue weighted by Gasteiger charge is 2.32. The van der Waals surface area contributed by atoms with E-state index in [1.807, 2.05) is 0 Å². The van der Waals surface area contributed by atoms with Gasteiger partial charge in [0.05, 0.1) is 0 Å². The van der Waals surface area contributed by atoms with Gasteiger partial charge in [0.2, 0.25) is 0 Å². The molecular formula is C9H16N2O4S2. The SMILES string of the molecule is CS(=O)CCNC(=O)N1CCSCC1C(=O)O. The Morgan fingerprint density at radius 2 is 2.29 bits per heavy atom. The Hall–Kier alpha value is -0.760. The second kappa shape index (κ2) is 6.85. The van der Waals surface area contributed by atoms with Crippen LogP contribution in [0.2, 0.25) is 0 Å². The summed E-state index contributed by atoms with van der Waals surface area (Å²) in [6.07, 6.45) is 1.56. The smallest absolute Gasteiger partial charge is 0.327 e. The van der Waals surface area contributed by atoms with Crippen LogP contribution in [0.4, 0.5) is 4.79 Å². The molecule has 98 valence electrons. The average molecular weight is 280 g/mol. The molecule has 1 aliphatic heterocycles. The van der Waals surface area contributed by atoms with Crippen LogP contribution in [0.5, 0.6) is 0 Å². The van der Waals surface area contributed by atoms with Crippen molar-refractivity contribution in [3.05, 3.63) is 0 Å². The number of hydrogen-bond acceptors (Lipinski definition) is 4. The Bertz CT molecular complexity index is 324. The summed E-state index contributed by atoms with van der Waals surface area (Å²) < 4.78 is 10.8. The number of hydrogen-bond donors (Lipinski definition) is 2. The van der Waals surface area contributed by atoms with Gasteiger partial charge in [0.15, 0.2) is 0 Å². The molecule has 0 aliphatic carbocycles. The molecule has 8 heteroatoms. The number of amides is 2. The van der Waals surface area contributed by atoms with Crippen molar-refractivity contribution in [1.82, 2.24) is 10.2 Å². The molecule has 1 heterocycles. The topological polar surface area (TPSA) is 86.7 Å². The first-order valence-corrected chi connectivity index (χ1v) is 8.05. The van der Waals surface area contributed by atoms with Crippen LogP contribution in [0.15, 0.2) is 0 Å². The van der Waals surface area contributed by atoms with E-state index in [1.54, 1.807) is 6.26 Å². The maximum Gasteiger partial charge on any atom is 0.327 e. The second-order valence-electron chi connectivity index (χ2n) is 3.63. The van der Waals surface area contributed by atoms with E-state index in [0.29, 0.717) is 24.6 Å². The van der Waals surface area contributed by atoms with E-state index < -0.39 is 22.8 Å². The highest BCUT2D eigenvalue weighted by Crippen LogP contribution is 2.16. The molecule has 1 rings (SSSR count). The van der Waals surface area contributed by atoms with Gasteiger partial charge in [0, 0.05) is 47.4 Å². The third kappa shape index (κ3) is 4.55. The number of urea groups is 1. The van der Waals surface area contributed by atoms with Crippen LogP contribution >= 0.6 is 11.8 Å². The number of nitrogens with zero attached hydrogens (tertiary/aromatic N) is 1. The molecule has 0 aromatic rings. The van der Waals surface area contributed by atoms with Crippen LogP contribution in [0.25, 0.3) is 0 Å². The molecular weight excluding hydrogens is 264 g/mol. The second-order valence-corrected chi connectivity index (χ2v) is 6.34. The zero-order valence-corrected chi connectivity index (χ0v) is 11.2. The number of thioether (sulfide) groups is 1. The summed E-state index contributed by atoms with van der Waals surface area (Å²) in [6, 6.07) is -1.15. The van der Waals surface area contributed by atoms with Crippen molar-refractivity contribution in [3.63, 3.8) is 0 Å². The number of carbonyl (C=O) groups excluding carboxylic acids is 1. The van der Waals surface area contributed by atoms with E-state index in [-0.39, 0.29) is 6.03 Å². The summed E-state index contributed by atoms with van der Waals surface area (Å²) in [5, 5.41) is 11.6. The first-order valence-electron chi connectivity index (χ1n) is 5.17. The Labute approximate surface area is 107 Å². The molecule has 6 nitrogen and oxygen atoms in total. The van der Waals surface area contributed by atoms with Crippen LogP contribution in [0.3, 0.4) is 0 Å². The molecule has 0 aromatic heterocycles. The van der Waals surface area contributed by atoms with Crippen molar-refractivity contribution >= 4 is 34.6 Å². The zero-order valence-electron chi connectivity index (χ0n) is 9.55. The summed E-state index contributed by atoms with van der Waals surface area (Å²) >= 11 is 1.53. The monoisotopic (exact) mass is 280 g/mol. The first kappa shape index (κ1) is 14.3. The third-order valence-corrected chi connectivity index (χ3v) is 4.14. The maximum absolute atomic E-state index is 11.7. The van der Waals surface area contributed by atoms with Gasteiger partial charge in [0.25, 0.3) is 0 Å². The zero-order chi connectivity index (χ0) is 12.8. The fraction of sp³-hybridized carbons (Fsp3) is 0.778. The number of carboxylic acids is 1. The molecule has 1 saturated heterocycles. The number of rotatable bonds is 4. The summed E-state index contributed by atoms with van der Waals surface area (Å²) in [5.41, 5.74) is 0. The molecule has 2 atom stereocenters. The van der Waals surface area contributed by atoms with E-state index in [2.05, 4.69) is 5.32 Å². The Kier molecular flexibility index (Phi) is 5.76. The molecule has 2 amide bonds. The van der Waals surface area contributed by atoms with Crippen LogP contribution in [-0.4, -0.2) is 68.9 Å². The van der Waals surface area contributed by atoms with Crippen molar-refractivity contribution in [2.75, 3.05) is 36.6 Å². The van der Waals surface area contributed by atoms with Crippen LogP contribution in [0.1, 0.15) is 0 Å². The minimum atomic E-state index is -0.980. The fourth-order valence-corrected chi connectivity index (χ4v) is 2.88. The highest BCUT2D eigenvalue weighted by molar-refractivity contribution is 7.99. The van der Waals surface area contributed by atoms with Gasteiger partial charge in [-0.15, -0.1) is 0 Å². The number of aliphatic carboxylic acids is 1. The van der Waals surface area contributed by atoms with E-state index in [1.165, 1.54) is 16.7 Å². The minimum Gasteiger partial charge on any atom is -0.480 e. The highest BCUT2D eigenvalue weighted by atomic mass is 32.2. The van der Waals surface area contributed by atoms with Crippen LogP contribution < -0.4 is 5.32 Å². The quantitative estimate of drug-likeness (QED) is 0.730.